The van der Waals surface area contributed by atoms with Gasteiger partial charge in [0.05, 0.1) is 70.5 Å². The van der Waals surface area contributed by atoms with Gasteiger partial charge in [0.1, 0.15) is 159 Å². The van der Waals surface area contributed by atoms with Crippen LogP contribution in [0.2, 0.25) is 0 Å². The molecule has 24 N–H and O–H groups in total. The second-order valence-corrected chi connectivity index (χ2v) is 24.2. The molecule has 7 aliphatic heterocycles. The summed E-state index contributed by atoms with van der Waals surface area (Å²) in [5.74, 6) is -8.56. The third kappa shape index (κ3) is 17.3. The van der Waals surface area contributed by atoms with Gasteiger partial charge in [-0.1, -0.05) is 0 Å². The van der Waals surface area contributed by atoms with Crippen LogP contribution in [0, 0.1) is 0 Å². The van der Waals surface area contributed by atoms with Crippen molar-refractivity contribution in [3.8, 4) is 0 Å². The van der Waals surface area contributed by atoms with Crippen LogP contribution < -0.4 is 21.3 Å². The van der Waals surface area contributed by atoms with Crippen LogP contribution in [0.4, 0.5) is 0 Å². The Hall–Kier alpha value is -3.93. The largest absolute Gasteiger partial charge is 0.477 e. The van der Waals surface area contributed by atoms with Crippen molar-refractivity contribution < 1.29 is 188 Å². The molecule has 13 unspecified atom stereocenters. The Morgan fingerprint density at radius 2 is 0.771 bits per heavy atom. The summed E-state index contributed by atoms with van der Waals surface area (Å²) in [6.45, 7) is -1.95. The van der Waals surface area contributed by atoms with Crippen molar-refractivity contribution in [1.29, 1.82) is 0 Å². The van der Waals surface area contributed by atoms with E-state index in [0.29, 0.717) is 0 Å². The van der Waals surface area contributed by atoms with Crippen molar-refractivity contribution >= 4 is 29.6 Å². The van der Waals surface area contributed by atoms with Gasteiger partial charge in [-0.15, -0.1) is 0 Å². The number of ether oxygens (including phenoxy) is 13. The summed E-state index contributed by atoms with van der Waals surface area (Å²) in [6.07, 6.45) is -63.6. The minimum atomic E-state index is -3.24. The number of amides is 4. The van der Waals surface area contributed by atoms with E-state index in [1.54, 1.807) is 0 Å². The van der Waals surface area contributed by atoms with Crippen LogP contribution in [0.15, 0.2) is 0 Å². The van der Waals surface area contributed by atoms with E-state index >= 15 is 0 Å². The molecular formula is C54H90N4O38. The number of aliphatic hydroxyl groups is 19. The average Bonchev–Trinajstić information content (AvgIpc) is 0.764. The second-order valence-electron chi connectivity index (χ2n) is 24.2. The van der Waals surface area contributed by atoms with Crippen LogP contribution >= 0.6 is 0 Å². The first-order chi connectivity index (χ1) is 45.2. The first-order valence-electron chi connectivity index (χ1n) is 30.6. The van der Waals surface area contributed by atoms with Crippen LogP contribution in [-0.2, 0) is 85.6 Å². The van der Waals surface area contributed by atoms with Crippen molar-refractivity contribution in [1.82, 2.24) is 21.3 Å². The van der Waals surface area contributed by atoms with Gasteiger partial charge in [-0.05, 0) is 6.92 Å². The van der Waals surface area contributed by atoms with E-state index in [4.69, 9.17) is 61.6 Å². The highest BCUT2D eigenvalue weighted by Gasteiger charge is 2.62. The monoisotopic (exact) mass is 1400 g/mol. The van der Waals surface area contributed by atoms with Crippen LogP contribution in [0.1, 0.15) is 41.0 Å². The minimum Gasteiger partial charge on any atom is -0.477 e. The van der Waals surface area contributed by atoms with Gasteiger partial charge in [0, 0.05) is 34.1 Å². The summed E-state index contributed by atoms with van der Waals surface area (Å²) < 4.78 is 76.3. The SMILES string of the molecule is CC(=O)NC1[C@H](OC2C(O)[C@H](O)[C@@H](CO)O[C@@H]2OC2[C@H](O)C(CO)O[C@@H](O[C@@H]3C(CO)O[C@@H](O[C@@H]4C(CO)O[C@@H](C)[C@@H](NC(C)=O)C4O)[C@@H](NC(C)=O)C3O)[C@@H]2O)OC(CO)[C@@H](O[C@@H]2OC(CO)[C@H](O)C(O[C@]3(C(=O)O)C[C@@H](O)[C@@H](NC(C)=O)C([C@@H](O)[C@H](O)CO)O3)[C@@H]2O)[C@@H]1O. The van der Waals surface area contributed by atoms with Crippen molar-refractivity contribution in [2.75, 3.05) is 46.2 Å². The van der Waals surface area contributed by atoms with Crippen LogP contribution in [0.3, 0.4) is 0 Å². The molecule has 7 saturated heterocycles. The van der Waals surface area contributed by atoms with E-state index in [9.17, 15) is 126 Å². The summed E-state index contributed by atoms with van der Waals surface area (Å²) in [6, 6.07) is -6.52. The van der Waals surface area contributed by atoms with E-state index in [1.165, 1.54) is 6.92 Å². The molecule has 4 amide bonds. The summed E-state index contributed by atoms with van der Waals surface area (Å²) in [4.78, 5) is 62.9. The minimum absolute atomic E-state index is 0.578. The Balaban J connectivity index is 1.13. The van der Waals surface area contributed by atoms with Crippen molar-refractivity contribution in [3.63, 3.8) is 0 Å². The lowest BCUT2D eigenvalue weighted by Crippen LogP contribution is -2.71. The molecule has 0 aromatic carbocycles. The molecule has 0 aliphatic carbocycles. The molecule has 7 heterocycles. The summed E-state index contributed by atoms with van der Waals surface area (Å²) in [5.41, 5.74) is 0. The number of hydrogen-bond donors (Lipinski definition) is 24. The fraction of sp³-hybridized carbons (Fsp3) is 0.907. The zero-order chi connectivity index (χ0) is 71.3. The molecule has 42 heteroatoms. The zero-order valence-electron chi connectivity index (χ0n) is 52.2. The molecule has 0 aromatic heterocycles. The topological polar surface area (TPSA) is 658 Å². The number of nitrogens with one attached hydrogen (secondary N) is 4. The van der Waals surface area contributed by atoms with Gasteiger partial charge in [0.25, 0.3) is 5.79 Å². The normalized spacial score (nSPS) is 46.0. The first kappa shape index (κ1) is 79.4. The molecule has 7 fully saturated rings. The second kappa shape index (κ2) is 34.2. The number of rotatable bonds is 26. The van der Waals surface area contributed by atoms with Crippen LogP contribution in [0.5, 0.6) is 0 Å². The highest BCUT2D eigenvalue weighted by atomic mass is 16.8. The third-order valence-corrected chi connectivity index (χ3v) is 17.4. The molecule has 7 aliphatic rings. The molecule has 96 heavy (non-hydrogen) atoms. The Morgan fingerprint density at radius 1 is 0.417 bits per heavy atom. The average molecular weight is 1400 g/mol. The Morgan fingerprint density at radius 3 is 1.21 bits per heavy atom. The number of carboxylic acids is 1. The highest BCUT2D eigenvalue weighted by Crippen LogP contribution is 2.41. The predicted molar refractivity (Wildman–Crippen MR) is 299 cm³/mol. The summed E-state index contributed by atoms with van der Waals surface area (Å²) in [7, 11) is 0. The van der Waals surface area contributed by atoms with Gasteiger partial charge < -0.3 is 185 Å². The molecule has 0 saturated carbocycles. The lowest BCUT2D eigenvalue weighted by atomic mass is 9.88. The number of carboxylic acid groups (broad SMARTS) is 1. The Bertz CT molecular complexity index is 2540. The third-order valence-electron chi connectivity index (χ3n) is 17.4. The number of carbonyl (C=O) groups is 5. The highest BCUT2D eigenvalue weighted by molar-refractivity contribution is 5.77. The Kier molecular flexibility index (Phi) is 28.2. The van der Waals surface area contributed by atoms with Gasteiger partial charge in [-0.25, -0.2) is 4.79 Å². The number of hydrogen-bond acceptors (Lipinski definition) is 37. The van der Waals surface area contributed by atoms with Gasteiger partial charge >= 0.3 is 5.97 Å². The van der Waals surface area contributed by atoms with E-state index in [1.807, 2.05) is 0 Å². The quantitative estimate of drug-likeness (QED) is 0.0382. The van der Waals surface area contributed by atoms with Crippen molar-refractivity contribution in [2.24, 2.45) is 0 Å². The lowest BCUT2D eigenvalue weighted by Gasteiger charge is -2.51. The number of aliphatic hydroxyl groups excluding tert-OH is 19. The van der Waals surface area contributed by atoms with Gasteiger partial charge in [-0.3, -0.25) is 19.2 Å². The maximum Gasteiger partial charge on any atom is 0.364 e. The van der Waals surface area contributed by atoms with Gasteiger partial charge in [-0.2, -0.15) is 0 Å². The smallest absolute Gasteiger partial charge is 0.364 e. The van der Waals surface area contributed by atoms with Crippen LogP contribution in [-0.4, -0.2) is 398 Å². The fourth-order valence-electron chi connectivity index (χ4n) is 12.6. The molecule has 0 aromatic rings. The Labute approximate surface area is 544 Å². The number of carbonyl (C=O) groups excluding carboxylic acids is 4. The van der Waals surface area contributed by atoms with Gasteiger partial charge in [0.15, 0.2) is 31.5 Å². The predicted octanol–water partition coefficient (Wildman–Crippen LogP) is -15.4. The zero-order valence-corrected chi connectivity index (χ0v) is 52.2. The molecule has 0 bridgehead atoms. The maximum atomic E-state index is 13.1. The first-order valence-corrected chi connectivity index (χ1v) is 30.6. The molecule has 554 valence electrons. The van der Waals surface area contributed by atoms with E-state index in [0.717, 1.165) is 27.7 Å². The standard InChI is InChI=1S/C54H90N4O38/c1-14-27(55-15(2)66)35(76)41(24(11-63)84-14)90-48-29(57-17(4)68)36(77)42(25(12-64)88-48)91-50-39(80)45(33(74)22(9-61)85-50)93-52-47(38(79)32(73)21(8-60)87-52)94-49-30(58-18(5)69)37(78)43(26(13-65)89-49)92-51-40(81)46(34(75)23(10-62)86-51)96-54(53(82)83)6-19(70)28(56-16(3)67)44(95-54)31(72)20(71)7-59/h14,19-52,59-65,70-81H,6-13H2,1-5H3,(H,55,66)(H,56,67)(H,57,68)(H,58,69)(H,82,83)/t14-,19+,20+,21+,22?,23?,24?,25?,26?,27+,28+,29-,30?,31-,32+,33+,34-,35?,36?,37+,38?,39+,40-,41+,42+,43+,44?,45?,46?,47?,48-,49-,50-,51-,52+,54-/m0/s1. The van der Waals surface area contributed by atoms with E-state index in [2.05, 4.69) is 21.3 Å². The molecule has 42 nitrogen and oxygen atoms in total. The van der Waals surface area contributed by atoms with Crippen molar-refractivity contribution in [2.45, 2.75) is 261 Å². The molecular weight excluding hydrogens is 1310 g/mol. The van der Waals surface area contributed by atoms with E-state index < -0.39 is 302 Å². The van der Waals surface area contributed by atoms with Crippen molar-refractivity contribution in [3.05, 3.63) is 0 Å². The number of aliphatic carboxylic acids is 1. The van der Waals surface area contributed by atoms with Gasteiger partial charge in [0.2, 0.25) is 23.6 Å². The summed E-state index contributed by atoms with van der Waals surface area (Å²) >= 11 is 0. The molecule has 7 rings (SSSR count). The lowest BCUT2D eigenvalue weighted by molar-refractivity contribution is -0.398. The van der Waals surface area contributed by atoms with E-state index in [-0.39, 0.29) is 0 Å². The molecule has 0 radical (unpaired) electrons. The maximum absolute atomic E-state index is 13.1. The molecule has 36 atom stereocenters. The fourth-order valence-corrected chi connectivity index (χ4v) is 12.6. The summed E-state index contributed by atoms with van der Waals surface area (Å²) in [5, 5.41) is 230. The molecule has 0 spiro atoms. The van der Waals surface area contributed by atoms with Crippen LogP contribution in [0.25, 0.3) is 0 Å².